The number of anilines is 1. The van der Waals surface area contributed by atoms with Gasteiger partial charge in [0.05, 0.1) is 24.3 Å². The molecule has 148 valence electrons. The van der Waals surface area contributed by atoms with Crippen LogP contribution in [0.1, 0.15) is 31.1 Å². The number of hydrogen-bond donors (Lipinski definition) is 1. The highest BCUT2D eigenvalue weighted by atomic mass is 79.9. The van der Waals surface area contributed by atoms with Gasteiger partial charge in [0.15, 0.2) is 5.78 Å². The van der Waals surface area contributed by atoms with Crippen LogP contribution in [-0.4, -0.2) is 44.7 Å². The van der Waals surface area contributed by atoms with Crippen LogP contribution in [0.3, 0.4) is 0 Å². The first-order chi connectivity index (χ1) is 13.0. The van der Waals surface area contributed by atoms with Gasteiger partial charge in [0.2, 0.25) is 5.88 Å². The fourth-order valence-corrected chi connectivity index (χ4v) is 2.14. The number of ether oxygens (including phenoxy) is 3. The number of carbonyl (C=O) groups is 1. The van der Waals surface area contributed by atoms with E-state index >= 15 is 0 Å². The van der Waals surface area contributed by atoms with Gasteiger partial charge >= 0.3 is 0 Å². The summed E-state index contributed by atoms with van der Waals surface area (Å²) >= 11 is 3.40. The number of carbonyl (C=O) groups excluding carboxylic acids is 1. The number of ketones is 1. The lowest BCUT2D eigenvalue weighted by Gasteiger charge is -2.11. The van der Waals surface area contributed by atoms with E-state index in [2.05, 4.69) is 32.8 Å². The normalized spacial score (nSPS) is 12.4. The van der Waals surface area contributed by atoms with Crippen LogP contribution in [0.25, 0.3) is 0 Å². The molecular weight excluding hydrogens is 412 g/mol. The SMILES string of the molecule is C=C/C(=N\C(OCCOCCOCC)=C(/C)Br)Nc1ccc(C(C)=O)cc1. The van der Waals surface area contributed by atoms with Crippen LogP contribution in [0.4, 0.5) is 5.69 Å². The molecule has 27 heavy (non-hydrogen) atoms. The zero-order valence-corrected chi connectivity index (χ0v) is 17.7. The second-order valence-electron chi connectivity index (χ2n) is 5.46. The minimum absolute atomic E-state index is 0.0242. The third kappa shape index (κ3) is 9.51. The Morgan fingerprint density at radius 1 is 1.15 bits per heavy atom. The molecule has 0 saturated carbocycles. The molecule has 1 aromatic carbocycles. The minimum atomic E-state index is 0.0242. The third-order valence-electron chi connectivity index (χ3n) is 3.32. The number of nitrogens with zero attached hydrogens (tertiary/aromatic N) is 1. The fraction of sp³-hybridized carbons (Fsp3) is 0.400. The number of aliphatic imine (C=N–C) groups is 1. The monoisotopic (exact) mass is 438 g/mol. The topological polar surface area (TPSA) is 69.2 Å². The molecular formula is C20H27BrN2O4. The van der Waals surface area contributed by atoms with Crippen LogP contribution in [0.2, 0.25) is 0 Å². The average Bonchev–Trinajstić information content (AvgIpc) is 2.65. The van der Waals surface area contributed by atoms with Crippen LogP contribution in [0.15, 0.2) is 52.3 Å². The number of Topliss-reactive ketones (excluding diaryl/α,β-unsaturated/α-hetero) is 1. The van der Waals surface area contributed by atoms with E-state index in [-0.39, 0.29) is 5.78 Å². The van der Waals surface area contributed by atoms with Gasteiger partial charge in [-0.15, -0.1) is 0 Å². The molecule has 1 N–H and O–H groups in total. The summed E-state index contributed by atoms with van der Waals surface area (Å²) in [7, 11) is 0. The largest absolute Gasteiger partial charge is 0.475 e. The van der Waals surface area contributed by atoms with Crippen LogP contribution in [-0.2, 0) is 14.2 Å². The molecule has 0 unspecified atom stereocenters. The summed E-state index contributed by atoms with van der Waals surface area (Å²) in [5, 5.41) is 3.14. The molecule has 1 aromatic rings. The molecule has 0 aliphatic heterocycles. The second kappa shape index (κ2) is 13.2. The molecule has 0 aliphatic rings. The molecule has 0 bridgehead atoms. The lowest BCUT2D eigenvalue weighted by atomic mass is 10.1. The van der Waals surface area contributed by atoms with Crippen molar-refractivity contribution in [3.05, 3.63) is 52.8 Å². The molecule has 6 nitrogen and oxygen atoms in total. The van der Waals surface area contributed by atoms with Crippen molar-refractivity contribution in [2.24, 2.45) is 4.99 Å². The van der Waals surface area contributed by atoms with Crippen molar-refractivity contribution in [3.8, 4) is 0 Å². The molecule has 0 heterocycles. The van der Waals surface area contributed by atoms with Crippen molar-refractivity contribution in [2.75, 3.05) is 38.4 Å². The molecule has 0 fully saturated rings. The summed E-state index contributed by atoms with van der Waals surface area (Å²) < 4.78 is 17.1. The first kappa shape index (κ1) is 23.1. The van der Waals surface area contributed by atoms with Gasteiger partial charge in [-0.05, 0) is 51.1 Å². The minimum Gasteiger partial charge on any atom is -0.475 e. The first-order valence-electron chi connectivity index (χ1n) is 8.71. The molecule has 0 amide bonds. The van der Waals surface area contributed by atoms with Crippen molar-refractivity contribution < 1.29 is 19.0 Å². The zero-order chi connectivity index (χ0) is 20.1. The van der Waals surface area contributed by atoms with Gasteiger partial charge in [-0.25, -0.2) is 0 Å². The fourth-order valence-electron chi connectivity index (χ4n) is 1.94. The van der Waals surface area contributed by atoms with Crippen molar-refractivity contribution in [1.82, 2.24) is 0 Å². The summed E-state index contributed by atoms with van der Waals surface area (Å²) in [6.45, 7) is 11.7. The lowest BCUT2D eigenvalue weighted by Crippen LogP contribution is -2.12. The predicted molar refractivity (Wildman–Crippen MR) is 113 cm³/mol. The Labute approximate surface area is 169 Å². The Morgan fingerprint density at radius 2 is 1.78 bits per heavy atom. The Bertz CT molecular complexity index is 665. The zero-order valence-electron chi connectivity index (χ0n) is 16.1. The highest BCUT2D eigenvalue weighted by Crippen LogP contribution is 2.16. The van der Waals surface area contributed by atoms with E-state index in [0.29, 0.717) is 50.3 Å². The van der Waals surface area contributed by atoms with Gasteiger partial charge in [0.25, 0.3) is 0 Å². The Hall–Kier alpha value is -1.96. The van der Waals surface area contributed by atoms with Crippen LogP contribution in [0, 0.1) is 0 Å². The Balaban J connectivity index is 2.62. The van der Waals surface area contributed by atoms with Gasteiger partial charge < -0.3 is 19.5 Å². The maximum absolute atomic E-state index is 11.3. The third-order valence-corrected chi connectivity index (χ3v) is 3.66. The first-order valence-corrected chi connectivity index (χ1v) is 9.51. The summed E-state index contributed by atoms with van der Waals surface area (Å²) in [5.74, 6) is 0.985. The molecule has 0 atom stereocenters. The summed E-state index contributed by atoms with van der Waals surface area (Å²) in [4.78, 5) is 15.8. The predicted octanol–water partition coefficient (Wildman–Crippen LogP) is 4.54. The van der Waals surface area contributed by atoms with E-state index in [4.69, 9.17) is 14.2 Å². The molecule has 0 spiro atoms. The number of halogens is 1. The highest BCUT2D eigenvalue weighted by Gasteiger charge is 2.05. The summed E-state index contributed by atoms with van der Waals surface area (Å²) in [6.07, 6.45) is 1.59. The number of amidine groups is 1. The van der Waals surface area contributed by atoms with Gasteiger partial charge in [-0.2, -0.15) is 4.99 Å². The standard InChI is InChI=1S/C20H27BrN2O4/c1-5-19(22-18-9-7-17(8-10-18)16(4)24)23-20(15(3)21)27-14-13-26-12-11-25-6-2/h5,7-10H,1,6,11-14H2,2-4H3,(H,22,23)/b20-15-. The Morgan fingerprint density at radius 3 is 2.33 bits per heavy atom. The smallest absolute Gasteiger partial charge is 0.225 e. The molecule has 0 aromatic heterocycles. The van der Waals surface area contributed by atoms with Crippen molar-refractivity contribution in [2.45, 2.75) is 20.8 Å². The molecule has 0 saturated heterocycles. The highest BCUT2D eigenvalue weighted by molar-refractivity contribution is 9.11. The van der Waals surface area contributed by atoms with Crippen molar-refractivity contribution in [1.29, 1.82) is 0 Å². The molecule has 1 rings (SSSR count). The lowest BCUT2D eigenvalue weighted by molar-refractivity contribution is 0.0301. The van der Waals surface area contributed by atoms with Crippen LogP contribution >= 0.6 is 15.9 Å². The Kier molecular flexibility index (Phi) is 11.3. The number of nitrogens with one attached hydrogen (secondary N) is 1. The number of rotatable bonds is 12. The van der Waals surface area contributed by atoms with E-state index < -0.39 is 0 Å². The summed E-state index contributed by atoms with van der Waals surface area (Å²) in [6, 6.07) is 7.14. The van der Waals surface area contributed by atoms with E-state index in [1.807, 2.05) is 26.0 Å². The molecule has 7 heteroatoms. The van der Waals surface area contributed by atoms with Crippen molar-refractivity contribution in [3.63, 3.8) is 0 Å². The van der Waals surface area contributed by atoms with E-state index in [9.17, 15) is 4.79 Å². The maximum atomic E-state index is 11.3. The second-order valence-corrected chi connectivity index (χ2v) is 6.65. The van der Waals surface area contributed by atoms with Gasteiger partial charge in [-0.1, -0.05) is 22.5 Å². The number of hydrogen-bond acceptors (Lipinski definition) is 5. The van der Waals surface area contributed by atoms with Gasteiger partial charge in [0, 0.05) is 17.9 Å². The van der Waals surface area contributed by atoms with E-state index in [1.54, 1.807) is 18.2 Å². The average molecular weight is 439 g/mol. The van der Waals surface area contributed by atoms with E-state index in [0.717, 1.165) is 10.2 Å². The number of allylic oxidation sites excluding steroid dienone is 1. The van der Waals surface area contributed by atoms with Gasteiger partial charge in [0.1, 0.15) is 12.4 Å². The van der Waals surface area contributed by atoms with Crippen LogP contribution < -0.4 is 5.32 Å². The molecule has 0 radical (unpaired) electrons. The van der Waals surface area contributed by atoms with Crippen LogP contribution in [0.5, 0.6) is 0 Å². The van der Waals surface area contributed by atoms with Gasteiger partial charge in [-0.3, -0.25) is 4.79 Å². The summed E-state index contributed by atoms with van der Waals surface area (Å²) in [5.41, 5.74) is 1.45. The van der Waals surface area contributed by atoms with E-state index in [1.165, 1.54) is 6.92 Å². The molecule has 0 aliphatic carbocycles. The maximum Gasteiger partial charge on any atom is 0.225 e. The van der Waals surface area contributed by atoms with Crippen molar-refractivity contribution >= 4 is 33.2 Å². The quantitative estimate of drug-likeness (QED) is 0.170. The number of benzene rings is 1.